The minimum atomic E-state index is -1.14. The maximum atomic E-state index is 13.4. The molecule has 2 aromatic rings. The predicted octanol–water partition coefficient (Wildman–Crippen LogP) is -1.01. The molecule has 170 valence electrons. The molecule has 1 aromatic heterocycles. The van der Waals surface area contributed by atoms with E-state index in [1.807, 2.05) is 24.3 Å². The number of amides is 3. The van der Waals surface area contributed by atoms with Gasteiger partial charge in [0.2, 0.25) is 17.7 Å². The molecule has 4 heterocycles. The summed E-state index contributed by atoms with van der Waals surface area (Å²) >= 11 is 3.58. The monoisotopic (exact) mass is 506 g/mol. The second-order valence-corrected chi connectivity index (χ2v) is 9.49. The Morgan fingerprint density at radius 1 is 1.34 bits per heavy atom. The number of hydrogen-bond acceptors (Lipinski definition) is 7. The summed E-state index contributed by atoms with van der Waals surface area (Å²) < 4.78 is 7.83. The lowest BCUT2D eigenvalue weighted by atomic mass is 9.70. The molecule has 12 heteroatoms. The van der Waals surface area contributed by atoms with Crippen molar-refractivity contribution in [3.05, 3.63) is 24.3 Å². The lowest BCUT2D eigenvalue weighted by Crippen LogP contribution is -2.56. The van der Waals surface area contributed by atoms with Gasteiger partial charge in [-0.1, -0.05) is 33.3 Å². The fourth-order valence-corrected chi connectivity index (χ4v) is 6.47. The number of ether oxygens (including phenoxy) is 1. The normalized spacial score (nSPS) is 33.0. The number of rotatable bonds is 6. The lowest BCUT2D eigenvalue weighted by molar-refractivity contribution is -0.142. The molecule has 1 aromatic carbocycles. The fraction of sp³-hybridized carbons (Fsp3) is 0.550. The van der Waals surface area contributed by atoms with E-state index in [0.717, 1.165) is 5.52 Å². The number of hydrogen-bond donors (Lipinski definition) is 3. The minimum absolute atomic E-state index is 0.0249. The van der Waals surface area contributed by atoms with Crippen molar-refractivity contribution in [2.75, 3.05) is 20.2 Å². The Morgan fingerprint density at radius 2 is 2.12 bits per heavy atom. The van der Waals surface area contributed by atoms with Gasteiger partial charge in [-0.3, -0.25) is 14.4 Å². The number of β-amino-alcohol motifs (C(OH)–C–C–N with tert-alkyl or cyclic N) is 1. The highest BCUT2D eigenvalue weighted by Crippen LogP contribution is 2.59. The van der Waals surface area contributed by atoms with Crippen molar-refractivity contribution < 1.29 is 24.2 Å². The van der Waals surface area contributed by atoms with Crippen LogP contribution in [0.15, 0.2) is 24.3 Å². The smallest absolute Gasteiger partial charge is 0.247 e. The first-order valence-electron chi connectivity index (χ1n) is 10.4. The van der Waals surface area contributed by atoms with Crippen LogP contribution in [0.5, 0.6) is 0 Å². The number of carbonyl (C=O) groups is 3. The molecule has 6 atom stereocenters. The van der Waals surface area contributed by atoms with E-state index in [2.05, 4.69) is 36.9 Å². The van der Waals surface area contributed by atoms with Gasteiger partial charge in [-0.2, -0.15) is 0 Å². The first kappa shape index (κ1) is 21.3. The number of aliphatic hydroxyl groups is 1. The maximum Gasteiger partial charge on any atom is 0.247 e. The van der Waals surface area contributed by atoms with E-state index in [-0.39, 0.29) is 36.5 Å². The van der Waals surface area contributed by atoms with Gasteiger partial charge in [0.05, 0.1) is 30.1 Å². The number of fused-ring (bicyclic) bond motifs is 2. The van der Waals surface area contributed by atoms with Crippen molar-refractivity contribution in [3.63, 3.8) is 0 Å². The summed E-state index contributed by atoms with van der Waals surface area (Å²) in [5, 5.41) is 23.2. The van der Waals surface area contributed by atoms with Crippen molar-refractivity contribution in [1.82, 2.24) is 30.5 Å². The van der Waals surface area contributed by atoms with Gasteiger partial charge >= 0.3 is 0 Å². The molecule has 3 amide bonds. The summed E-state index contributed by atoms with van der Waals surface area (Å²) in [7, 11) is 1.52. The molecule has 0 radical (unpaired) electrons. The van der Waals surface area contributed by atoms with Crippen LogP contribution < -0.4 is 10.6 Å². The summed E-state index contributed by atoms with van der Waals surface area (Å²) in [5.41, 5.74) is 0.319. The molecule has 1 spiro atoms. The Hall–Kier alpha value is -2.57. The van der Waals surface area contributed by atoms with Crippen molar-refractivity contribution in [3.8, 4) is 0 Å². The maximum absolute atomic E-state index is 13.4. The van der Waals surface area contributed by atoms with Crippen LogP contribution in [0.25, 0.3) is 11.0 Å². The molecule has 3 N–H and O–H groups in total. The largest absolute Gasteiger partial charge is 0.395 e. The fourth-order valence-electron chi connectivity index (χ4n) is 5.53. The summed E-state index contributed by atoms with van der Waals surface area (Å²) in [5.74, 6) is -2.55. The van der Waals surface area contributed by atoms with Gasteiger partial charge in [0.15, 0.2) is 0 Å². The summed E-state index contributed by atoms with van der Waals surface area (Å²) in [4.78, 5) is 40.6. The van der Waals surface area contributed by atoms with Crippen LogP contribution >= 0.6 is 15.9 Å². The molecule has 3 aliphatic rings. The number of nitrogens with one attached hydrogen (secondary N) is 2. The average Bonchev–Trinajstić information content (AvgIpc) is 3.50. The van der Waals surface area contributed by atoms with E-state index in [4.69, 9.17) is 4.74 Å². The van der Waals surface area contributed by atoms with E-state index < -0.39 is 35.5 Å². The Bertz CT molecular complexity index is 1090. The molecular weight excluding hydrogens is 484 g/mol. The van der Waals surface area contributed by atoms with Crippen LogP contribution in [0.4, 0.5) is 0 Å². The molecule has 2 bridgehead atoms. The van der Waals surface area contributed by atoms with Crippen molar-refractivity contribution in [2.24, 2.45) is 11.8 Å². The molecule has 3 unspecified atom stereocenters. The number of halogens is 1. The zero-order valence-electron chi connectivity index (χ0n) is 17.3. The van der Waals surface area contributed by atoms with Gasteiger partial charge in [0.25, 0.3) is 0 Å². The van der Waals surface area contributed by atoms with Gasteiger partial charge in [0, 0.05) is 18.4 Å². The number of aliphatic hydroxyl groups excluding tert-OH is 1. The van der Waals surface area contributed by atoms with E-state index in [0.29, 0.717) is 11.9 Å². The molecule has 0 saturated carbocycles. The summed E-state index contributed by atoms with van der Waals surface area (Å²) in [6.45, 7) is -0.279. The van der Waals surface area contributed by atoms with Crippen LogP contribution in [-0.4, -0.2) is 85.5 Å². The Morgan fingerprint density at radius 3 is 2.88 bits per heavy atom. The molecule has 3 aliphatic heterocycles. The molecule has 5 rings (SSSR count). The predicted molar refractivity (Wildman–Crippen MR) is 114 cm³/mol. The number of alkyl halides is 1. The molecular formula is C20H23BrN6O5. The summed E-state index contributed by atoms with van der Waals surface area (Å²) in [6.07, 6.45) is -0.0943. The van der Waals surface area contributed by atoms with Gasteiger partial charge in [-0.05, 0) is 18.6 Å². The first-order valence-corrected chi connectivity index (χ1v) is 11.3. The number of likely N-dealkylation sites (tertiary alicyclic amines) is 1. The summed E-state index contributed by atoms with van der Waals surface area (Å²) in [6, 6.07) is 6.40. The van der Waals surface area contributed by atoms with Crippen LogP contribution in [0.2, 0.25) is 0 Å². The van der Waals surface area contributed by atoms with E-state index >= 15 is 0 Å². The first-order chi connectivity index (χ1) is 15.4. The third-order valence-corrected chi connectivity index (χ3v) is 7.60. The highest BCUT2D eigenvalue weighted by atomic mass is 79.9. The second-order valence-electron chi connectivity index (χ2n) is 8.31. The van der Waals surface area contributed by atoms with Crippen molar-refractivity contribution >= 4 is 44.7 Å². The van der Waals surface area contributed by atoms with Crippen molar-refractivity contribution in [2.45, 2.75) is 35.7 Å². The van der Waals surface area contributed by atoms with Crippen molar-refractivity contribution in [1.29, 1.82) is 0 Å². The highest BCUT2D eigenvalue weighted by Gasteiger charge is 2.76. The molecule has 3 saturated heterocycles. The third kappa shape index (κ3) is 2.89. The number of nitrogens with zero attached hydrogens (tertiary/aromatic N) is 4. The van der Waals surface area contributed by atoms with E-state index in [1.54, 1.807) is 4.68 Å². The Labute approximate surface area is 191 Å². The zero-order valence-corrected chi connectivity index (χ0v) is 18.9. The van der Waals surface area contributed by atoms with Crippen LogP contribution in [-0.2, 0) is 25.8 Å². The van der Waals surface area contributed by atoms with Gasteiger partial charge in [-0.15, -0.1) is 5.10 Å². The number of para-hydroxylation sites is 1. The number of aromatic nitrogens is 3. The quantitative estimate of drug-likeness (QED) is 0.426. The number of benzene rings is 1. The minimum Gasteiger partial charge on any atom is -0.395 e. The average molecular weight is 507 g/mol. The van der Waals surface area contributed by atoms with E-state index in [1.165, 1.54) is 11.9 Å². The lowest BCUT2D eigenvalue weighted by Gasteiger charge is -2.33. The van der Waals surface area contributed by atoms with Crippen LogP contribution in [0.3, 0.4) is 0 Å². The van der Waals surface area contributed by atoms with E-state index in [9.17, 15) is 19.5 Å². The van der Waals surface area contributed by atoms with Gasteiger partial charge in [0.1, 0.15) is 23.8 Å². The molecule has 0 aliphatic carbocycles. The van der Waals surface area contributed by atoms with Gasteiger partial charge < -0.3 is 25.4 Å². The van der Waals surface area contributed by atoms with Crippen LogP contribution in [0, 0.1) is 11.8 Å². The SMILES string of the molecule is CNC(=O)[C@H]1[C@@H]2OC3(CC2Br)C(C(=O)NCn2nnc4ccccc42)N(CCO)C(=O)[C@H]13. The topological polar surface area (TPSA) is 139 Å². The molecule has 3 fully saturated rings. The number of carbonyl (C=O) groups excluding carboxylic acids is 3. The standard InChI is InChI=1S/C20H23BrN6O5/c1-22-17(29)13-14-19(31)26(6-7-28)16(20(14)8-10(21)15(13)32-20)18(30)23-9-27-12-5-3-2-4-11(12)24-25-27/h2-5,10,13-16,28H,6-9H2,1H3,(H,22,29)(H,23,30)/t10?,13-,14+,15-,16?,20?/m1/s1. The van der Waals surface area contributed by atoms with Crippen LogP contribution in [0.1, 0.15) is 6.42 Å². The Balaban J connectivity index is 1.45. The highest BCUT2D eigenvalue weighted by molar-refractivity contribution is 9.09. The third-order valence-electron chi connectivity index (χ3n) is 6.75. The second kappa shape index (κ2) is 7.78. The molecule has 32 heavy (non-hydrogen) atoms. The molecule has 11 nitrogen and oxygen atoms in total. The zero-order chi connectivity index (χ0) is 22.6. The van der Waals surface area contributed by atoms with Gasteiger partial charge in [-0.25, -0.2) is 4.68 Å². The Kier molecular flexibility index (Phi) is 5.18.